The van der Waals surface area contributed by atoms with Crippen molar-refractivity contribution in [3.05, 3.63) is 138 Å². The van der Waals surface area contributed by atoms with Gasteiger partial charge in [0.15, 0.2) is 0 Å². The normalized spacial score (nSPS) is 13.3. The molecule has 56 heavy (non-hydrogen) atoms. The second-order valence-corrected chi connectivity index (χ2v) is 13.6. The smallest absolute Gasteiger partial charge is 0.326 e. The van der Waals surface area contributed by atoms with Crippen LogP contribution in [0.1, 0.15) is 22.3 Å². The van der Waals surface area contributed by atoms with Crippen LogP contribution in [0.2, 0.25) is 0 Å². The molecule has 0 radical (unpaired) electrons. The number of aromatic nitrogens is 2. The Hall–Kier alpha value is -6.93. The summed E-state index contributed by atoms with van der Waals surface area (Å²) in [4.78, 5) is 72.8. The molecular weight excluding hydrogens is 715 g/mol. The molecule has 4 amide bonds. The van der Waals surface area contributed by atoms with Gasteiger partial charge in [0, 0.05) is 53.5 Å². The van der Waals surface area contributed by atoms with Gasteiger partial charge in [-0.15, -0.1) is 0 Å². The van der Waals surface area contributed by atoms with E-state index in [1.807, 2.05) is 78.9 Å². The van der Waals surface area contributed by atoms with Crippen LogP contribution in [-0.2, 0) is 49.7 Å². The van der Waals surface area contributed by atoms with Crippen molar-refractivity contribution in [2.75, 3.05) is 6.54 Å². The van der Waals surface area contributed by atoms with Crippen LogP contribution in [0, 0.1) is 0 Å². The van der Waals surface area contributed by atoms with E-state index in [2.05, 4.69) is 31.2 Å². The number of carbonyl (C=O) groups excluding carboxylic acids is 4. The maximum Gasteiger partial charge on any atom is 0.326 e. The lowest BCUT2D eigenvalue weighted by Gasteiger charge is -2.24. The van der Waals surface area contributed by atoms with Gasteiger partial charge in [0.1, 0.15) is 23.9 Å². The van der Waals surface area contributed by atoms with Crippen LogP contribution in [0.25, 0.3) is 21.8 Å². The number of benzene rings is 4. The van der Waals surface area contributed by atoms with Crippen LogP contribution < -0.4 is 27.0 Å². The number of H-pyrrole nitrogens is 2. The summed E-state index contributed by atoms with van der Waals surface area (Å²) in [5.74, 6) is -3.94. The van der Waals surface area contributed by atoms with E-state index >= 15 is 0 Å². The van der Waals surface area contributed by atoms with Crippen molar-refractivity contribution in [3.63, 3.8) is 0 Å². The number of carboxylic acid groups (broad SMARTS) is 1. The molecule has 288 valence electrons. The molecule has 10 N–H and O–H groups in total. The van der Waals surface area contributed by atoms with Gasteiger partial charge in [-0.3, -0.25) is 19.2 Å². The highest BCUT2D eigenvalue weighted by atomic mass is 16.4. The molecule has 4 atom stereocenters. The van der Waals surface area contributed by atoms with Gasteiger partial charge >= 0.3 is 5.97 Å². The molecule has 0 fully saturated rings. The number of hydrogen-bond acceptors (Lipinski definition) is 7. The number of carbonyl (C=O) groups is 5. The highest BCUT2D eigenvalue weighted by Gasteiger charge is 2.30. The van der Waals surface area contributed by atoms with Crippen LogP contribution >= 0.6 is 0 Å². The summed E-state index contributed by atoms with van der Waals surface area (Å²) in [6.07, 6.45) is 3.66. The molecule has 4 aromatic carbocycles. The summed E-state index contributed by atoms with van der Waals surface area (Å²) in [6.45, 7) is -0.571. The van der Waals surface area contributed by atoms with E-state index in [0.29, 0.717) is 16.7 Å². The molecular formula is C42H43N7O7. The molecule has 6 aromatic rings. The van der Waals surface area contributed by atoms with Crippen molar-refractivity contribution in [2.45, 2.75) is 49.9 Å². The Bertz CT molecular complexity index is 2320. The first kappa shape index (κ1) is 38.8. The number of nitrogens with one attached hydrogen (secondary N) is 6. The molecule has 0 aliphatic rings. The summed E-state index contributed by atoms with van der Waals surface area (Å²) in [6, 6.07) is 25.5. The number of phenols is 1. The maximum atomic E-state index is 14.1. The third kappa shape index (κ3) is 9.98. The molecule has 0 aliphatic heterocycles. The average Bonchev–Trinajstić information content (AvgIpc) is 3.81. The Balaban J connectivity index is 1.18. The first-order valence-corrected chi connectivity index (χ1v) is 18.1. The highest BCUT2D eigenvalue weighted by Crippen LogP contribution is 2.21. The Morgan fingerprint density at radius 1 is 0.571 bits per heavy atom. The summed E-state index contributed by atoms with van der Waals surface area (Å²) in [5.41, 5.74) is 10.8. The van der Waals surface area contributed by atoms with Crippen molar-refractivity contribution < 1.29 is 34.2 Å². The van der Waals surface area contributed by atoms with Crippen LogP contribution in [0.3, 0.4) is 0 Å². The molecule has 0 spiro atoms. The first-order chi connectivity index (χ1) is 27.0. The van der Waals surface area contributed by atoms with Crippen molar-refractivity contribution in [1.29, 1.82) is 0 Å². The van der Waals surface area contributed by atoms with Crippen molar-refractivity contribution in [1.82, 2.24) is 31.2 Å². The van der Waals surface area contributed by atoms with Gasteiger partial charge in [0.05, 0.1) is 12.6 Å². The third-order valence-corrected chi connectivity index (χ3v) is 9.53. The number of carboxylic acids is 1. The Morgan fingerprint density at radius 3 is 1.70 bits per heavy atom. The third-order valence-electron chi connectivity index (χ3n) is 9.53. The topological polar surface area (TPSA) is 232 Å². The minimum Gasteiger partial charge on any atom is -0.508 e. The van der Waals surface area contributed by atoms with Gasteiger partial charge in [-0.05, 0) is 52.9 Å². The zero-order valence-corrected chi connectivity index (χ0v) is 30.3. The largest absolute Gasteiger partial charge is 0.508 e. The van der Waals surface area contributed by atoms with Crippen molar-refractivity contribution in [2.24, 2.45) is 5.73 Å². The minimum absolute atomic E-state index is 0.00141. The van der Waals surface area contributed by atoms with Crippen LogP contribution in [0.5, 0.6) is 5.75 Å². The van der Waals surface area contributed by atoms with E-state index in [1.54, 1.807) is 24.5 Å². The summed E-state index contributed by atoms with van der Waals surface area (Å²) >= 11 is 0. The van der Waals surface area contributed by atoms with Gasteiger partial charge in [-0.2, -0.15) is 0 Å². The van der Waals surface area contributed by atoms with E-state index in [4.69, 9.17) is 5.73 Å². The fourth-order valence-corrected chi connectivity index (χ4v) is 6.57. The molecule has 0 unspecified atom stereocenters. The fraction of sp³-hybridized carbons (Fsp3) is 0.214. The van der Waals surface area contributed by atoms with Gasteiger partial charge < -0.3 is 47.2 Å². The van der Waals surface area contributed by atoms with Gasteiger partial charge in [-0.25, -0.2) is 4.79 Å². The van der Waals surface area contributed by atoms with Crippen LogP contribution in [0.4, 0.5) is 0 Å². The maximum absolute atomic E-state index is 14.1. The standard InChI is InChI=1S/C42H43N7O7/c43-32(18-25-8-2-1-3-9-25)39(52)48-35(19-26-14-16-29(50)17-15-26)41(54)49-36(20-27-22-44-33-12-6-4-10-30(27)33)40(53)46-24-38(51)47-37(42(55)56)21-28-23-45-34-13-7-5-11-31(28)34/h1-17,22-23,32,35-37,44-45,50H,18-21,24,43H2,(H,46,53)(H,47,51)(H,48,52)(H,49,54)(H,55,56)/t32-,35-,36-,37-/m1/s1. The number of fused-ring (bicyclic) bond motifs is 2. The van der Waals surface area contributed by atoms with E-state index in [1.165, 1.54) is 12.1 Å². The number of aliphatic carboxylic acids is 1. The predicted octanol–water partition coefficient (Wildman–Crippen LogP) is 2.61. The lowest BCUT2D eigenvalue weighted by Crippen LogP contribution is -2.57. The molecule has 0 saturated heterocycles. The molecule has 14 nitrogen and oxygen atoms in total. The summed E-state index contributed by atoms with van der Waals surface area (Å²) in [5, 5.41) is 32.0. The second kappa shape index (κ2) is 17.9. The molecule has 6 rings (SSSR count). The monoisotopic (exact) mass is 757 g/mol. The molecule has 0 aliphatic carbocycles. The minimum atomic E-state index is -1.28. The summed E-state index contributed by atoms with van der Waals surface area (Å²) in [7, 11) is 0. The number of amides is 4. The lowest BCUT2D eigenvalue weighted by atomic mass is 10.0. The van der Waals surface area contributed by atoms with E-state index < -0.39 is 60.3 Å². The number of hydrogen-bond donors (Lipinski definition) is 9. The fourth-order valence-electron chi connectivity index (χ4n) is 6.57. The van der Waals surface area contributed by atoms with Crippen molar-refractivity contribution >= 4 is 51.4 Å². The van der Waals surface area contributed by atoms with Gasteiger partial charge in [-0.1, -0.05) is 78.9 Å². The molecule has 0 saturated carbocycles. The predicted molar refractivity (Wildman–Crippen MR) is 210 cm³/mol. The van der Waals surface area contributed by atoms with Crippen LogP contribution in [-0.4, -0.2) is 80.5 Å². The number of phenolic OH excluding ortho intramolecular Hbond substituents is 1. The van der Waals surface area contributed by atoms with Crippen LogP contribution in [0.15, 0.2) is 116 Å². The molecule has 0 bridgehead atoms. The van der Waals surface area contributed by atoms with E-state index in [0.717, 1.165) is 27.4 Å². The quantitative estimate of drug-likeness (QED) is 0.0670. The zero-order chi connectivity index (χ0) is 39.6. The second-order valence-electron chi connectivity index (χ2n) is 13.6. The lowest BCUT2D eigenvalue weighted by molar-refractivity contribution is -0.141. The Labute approximate surface area is 321 Å². The van der Waals surface area contributed by atoms with Gasteiger partial charge in [0.25, 0.3) is 0 Å². The zero-order valence-electron chi connectivity index (χ0n) is 30.3. The highest BCUT2D eigenvalue weighted by molar-refractivity contribution is 5.95. The van der Waals surface area contributed by atoms with Gasteiger partial charge in [0.2, 0.25) is 23.6 Å². The first-order valence-electron chi connectivity index (χ1n) is 18.1. The summed E-state index contributed by atoms with van der Waals surface area (Å²) < 4.78 is 0. The number of aromatic hydroxyl groups is 1. The molecule has 2 aromatic heterocycles. The average molecular weight is 758 g/mol. The Morgan fingerprint density at radius 2 is 1.09 bits per heavy atom. The number of para-hydroxylation sites is 2. The molecule has 14 heteroatoms. The van der Waals surface area contributed by atoms with Crippen molar-refractivity contribution in [3.8, 4) is 5.75 Å². The SMILES string of the molecule is N[C@H](Cc1ccccc1)C(=O)N[C@H](Cc1ccc(O)cc1)C(=O)N[C@H](Cc1c[nH]c2ccccc12)C(=O)NCC(=O)N[C@H](Cc1c[nH]c2ccccc12)C(=O)O. The Kier molecular flexibility index (Phi) is 12.4. The van der Waals surface area contributed by atoms with E-state index in [9.17, 15) is 34.2 Å². The number of nitrogens with two attached hydrogens (primary N) is 1. The van der Waals surface area contributed by atoms with E-state index in [-0.39, 0.29) is 31.4 Å². The molecule has 2 heterocycles. The number of rotatable bonds is 17. The number of aromatic amines is 2.